The fourth-order valence-corrected chi connectivity index (χ4v) is 4.89. The van der Waals surface area contributed by atoms with Gasteiger partial charge in [-0.1, -0.05) is 67.9 Å². The van der Waals surface area contributed by atoms with Crippen LogP contribution < -0.4 is 9.62 Å². The van der Waals surface area contributed by atoms with Crippen LogP contribution in [-0.2, 0) is 21.4 Å². The van der Waals surface area contributed by atoms with Crippen LogP contribution in [0.5, 0.6) is 0 Å². The second-order valence-corrected chi connectivity index (χ2v) is 10.9. The van der Waals surface area contributed by atoms with Crippen molar-refractivity contribution in [2.24, 2.45) is 5.92 Å². The van der Waals surface area contributed by atoms with Crippen molar-refractivity contribution in [2.45, 2.75) is 20.4 Å². The molecular weight excluding hydrogens is 484 g/mol. The molecule has 0 bridgehead atoms. The fraction of sp³-hybridized carbons (Fsp3) is 0.185. The van der Waals surface area contributed by atoms with Gasteiger partial charge in [-0.25, -0.2) is 13.1 Å². The second-order valence-electron chi connectivity index (χ2n) is 8.76. The largest absolute Gasteiger partial charge is 0.303 e. The van der Waals surface area contributed by atoms with E-state index in [0.29, 0.717) is 16.2 Å². The zero-order valence-electron chi connectivity index (χ0n) is 19.6. The maximum Gasteiger partial charge on any atom is 0.264 e. The van der Waals surface area contributed by atoms with Crippen molar-refractivity contribution in [1.29, 1.82) is 0 Å². The predicted octanol–water partition coefficient (Wildman–Crippen LogP) is 5.14. The number of sulfonamides is 1. The van der Waals surface area contributed by atoms with Gasteiger partial charge in [0, 0.05) is 16.1 Å². The third kappa shape index (κ3) is 5.31. The average molecular weight is 509 g/mol. The quantitative estimate of drug-likeness (QED) is 0.467. The summed E-state index contributed by atoms with van der Waals surface area (Å²) >= 11 is 6.10. The van der Waals surface area contributed by atoms with Gasteiger partial charge in [0.05, 0.1) is 24.1 Å². The average Bonchev–Trinajstić information content (AvgIpc) is 3.06. The van der Waals surface area contributed by atoms with E-state index in [2.05, 4.69) is 13.8 Å². The molecule has 1 N–H and O–H groups in total. The summed E-state index contributed by atoms with van der Waals surface area (Å²) in [6.07, 6.45) is 0.926. The number of benzene rings is 3. The number of carbonyl (C=O) groups is 2. The highest BCUT2D eigenvalue weighted by Crippen LogP contribution is 2.43. The Hall–Kier alpha value is -3.42. The van der Waals surface area contributed by atoms with Gasteiger partial charge in [-0.15, -0.1) is 0 Å². The van der Waals surface area contributed by atoms with Crippen LogP contribution in [0, 0.1) is 5.92 Å². The molecule has 180 valence electrons. The van der Waals surface area contributed by atoms with Crippen LogP contribution in [0.15, 0.2) is 72.8 Å². The topological polar surface area (TPSA) is 83.6 Å². The van der Waals surface area contributed by atoms with E-state index in [4.69, 9.17) is 11.6 Å². The monoisotopic (exact) mass is 508 g/mol. The van der Waals surface area contributed by atoms with Crippen LogP contribution in [0.2, 0.25) is 5.02 Å². The molecule has 3 aromatic carbocycles. The summed E-state index contributed by atoms with van der Waals surface area (Å²) in [6.45, 7) is 4.34. The minimum atomic E-state index is -3.69. The lowest BCUT2D eigenvalue weighted by Gasteiger charge is -2.19. The summed E-state index contributed by atoms with van der Waals surface area (Å²) in [5.74, 6) is -0.769. The molecule has 4 rings (SSSR count). The molecule has 3 aromatic rings. The minimum Gasteiger partial charge on any atom is -0.303 e. The zero-order valence-corrected chi connectivity index (χ0v) is 21.2. The SMILES string of the molecule is CC(C)/C(=C1\C(=O)N(Cc2cccc(C(=O)NS(C)(=O)=O)c2)c2ccccc21)c1ccc(Cl)cc1. The summed E-state index contributed by atoms with van der Waals surface area (Å²) in [5.41, 5.74) is 5.05. The van der Waals surface area contributed by atoms with Gasteiger partial charge in [-0.2, -0.15) is 0 Å². The van der Waals surface area contributed by atoms with Gasteiger partial charge >= 0.3 is 0 Å². The molecule has 0 saturated carbocycles. The number of rotatable bonds is 6. The van der Waals surface area contributed by atoms with Crippen LogP contribution >= 0.6 is 11.6 Å². The molecule has 35 heavy (non-hydrogen) atoms. The van der Waals surface area contributed by atoms with Crippen molar-refractivity contribution < 1.29 is 18.0 Å². The third-order valence-corrected chi connectivity index (χ3v) is 6.54. The number of anilines is 1. The molecule has 0 aliphatic carbocycles. The summed E-state index contributed by atoms with van der Waals surface area (Å²) < 4.78 is 24.9. The highest BCUT2D eigenvalue weighted by atomic mass is 35.5. The number of allylic oxidation sites excluding steroid dienone is 1. The first kappa shape index (κ1) is 24.7. The van der Waals surface area contributed by atoms with Crippen LogP contribution in [0.25, 0.3) is 11.1 Å². The maximum atomic E-state index is 13.8. The van der Waals surface area contributed by atoms with Crippen LogP contribution in [0.4, 0.5) is 5.69 Å². The Kier molecular flexibility index (Phi) is 6.83. The van der Waals surface area contributed by atoms with E-state index in [1.807, 2.05) is 53.3 Å². The summed E-state index contributed by atoms with van der Waals surface area (Å²) in [5, 5.41) is 0.626. The number of para-hydroxylation sites is 1. The van der Waals surface area contributed by atoms with Crippen molar-refractivity contribution in [1.82, 2.24) is 4.72 Å². The van der Waals surface area contributed by atoms with Crippen molar-refractivity contribution in [2.75, 3.05) is 11.2 Å². The number of fused-ring (bicyclic) bond motifs is 1. The van der Waals surface area contributed by atoms with Gasteiger partial charge in [0.2, 0.25) is 10.0 Å². The van der Waals surface area contributed by atoms with E-state index in [0.717, 1.165) is 28.6 Å². The molecule has 1 aliphatic heterocycles. The maximum absolute atomic E-state index is 13.8. The molecule has 0 unspecified atom stereocenters. The summed E-state index contributed by atoms with van der Waals surface area (Å²) in [7, 11) is -3.69. The Balaban J connectivity index is 1.76. The number of nitrogens with zero attached hydrogens (tertiary/aromatic N) is 1. The standard InChI is InChI=1S/C27H25ClN2O4S/c1-17(2)24(19-11-13-21(28)14-12-19)25-22-9-4-5-10-23(22)30(27(25)32)16-18-7-6-8-20(15-18)26(31)29-35(3,33)34/h4-15,17H,16H2,1-3H3,(H,29,31)/b25-24+. The minimum absolute atomic E-state index is 0.0751. The predicted molar refractivity (Wildman–Crippen MR) is 139 cm³/mol. The normalized spacial score (nSPS) is 14.8. The molecule has 6 nitrogen and oxygen atoms in total. The molecule has 1 aliphatic rings. The number of carbonyl (C=O) groups excluding carboxylic acids is 2. The van der Waals surface area contributed by atoms with Crippen molar-refractivity contribution >= 4 is 50.3 Å². The highest BCUT2D eigenvalue weighted by Gasteiger charge is 2.35. The lowest BCUT2D eigenvalue weighted by atomic mass is 9.88. The Bertz CT molecular complexity index is 1440. The molecule has 0 aromatic heterocycles. The molecule has 0 spiro atoms. The smallest absolute Gasteiger partial charge is 0.264 e. The Morgan fingerprint density at radius 3 is 2.31 bits per heavy atom. The van der Waals surface area contributed by atoms with E-state index >= 15 is 0 Å². The van der Waals surface area contributed by atoms with E-state index in [1.165, 1.54) is 6.07 Å². The van der Waals surface area contributed by atoms with Crippen molar-refractivity contribution in [3.8, 4) is 0 Å². The first-order valence-corrected chi connectivity index (χ1v) is 13.3. The zero-order chi connectivity index (χ0) is 25.3. The first-order chi connectivity index (χ1) is 16.5. The Labute approximate surface area is 210 Å². The molecule has 0 radical (unpaired) electrons. The summed E-state index contributed by atoms with van der Waals surface area (Å²) in [4.78, 5) is 27.9. The Morgan fingerprint density at radius 2 is 1.66 bits per heavy atom. The van der Waals surface area contributed by atoms with E-state index in [9.17, 15) is 18.0 Å². The number of halogens is 1. The molecule has 0 saturated heterocycles. The van der Waals surface area contributed by atoms with Crippen LogP contribution in [0.1, 0.15) is 40.9 Å². The summed E-state index contributed by atoms with van der Waals surface area (Å²) in [6, 6.07) is 21.7. The number of amides is 2. The van der Waals surface area contributed by atoms with Gasteiger partial charge in [-0.3, -0.25) is 9.59 Å². The number of hydrogen-bond acceptors (Lipinski definition) is 4. The molecule has 2 amide bonds. The molecule has 0 atom stereocenters. The molecule has 0 fully saturated rings. The van der Waals surface area contributed by atoms with Crippen LogP contribution in [-0.4, -0.2) is 26.5 Å². The number of nitrogens with one attached hydrogen (secondary N) is 1. The lowest BCUT2D eigenvalue weighted by molar-refractivity contribution is -0.113. The van der Waals surface area contributed by atoms with Crippen LogP contribution in [0.3, 0.4) is 0 Å². The van der Waals surface area contributed by atoms with Crippen molar-refractivity contribution in [3.05, 3.63) is 100 Å². The lowest BCUT2D eigenvalue weighted by Crippen LogP contribution is -2.30. The van der Waals surface area contributed by atoms with Gasteiger partial charge < -0.3 is 4.90 Å². The first-order valence-electron chi connectivity index (χ1n) is 11.1. The highest BCUT2D eigenvalue weighted by molar-refractivity contribution is 7.89. The molecule has 1 heterocycles. The Morgan fingerprint density at radius 1 is 0.971 bits per heavy atom. The van der Waals surface area contributed by atoms with E-state index in [1.54, 1.807) is 23.1 Å². The van der Waals surface area contributed by atoms with Gasteiger partial charge in [-0.05, 0) is 52.9 Å². The third-order valence-electron chi connectivity index (χ3n) is 5.73. The van der Waals surface area contributed by atoms with Gasteiger partial charge in [0.15, 0.2) is 0 Å². The van der Waals surface area contributed by atoms with E-state index < -0.39 is 15.9 Å². The number of hydrogen-bond donors (Lipinski definition) is 1. The van der Waals surface area contributed by atoms with Gasteiger partial charge in [0.1, 0.15) is 0 Å². The molecular formula is C27H25ClN2O4S. The van der Waals surface area contributed by atoms with Crippen molar-refractivity contribution in [3.63, 3.8) is 0 Å². The second kappa shape index (κ2) is 9.68. The molecule has 8 heteroatoms. The van der Waals surface area contributed by atoms with Gasteiger partial charge in [0.25, 0.3) is 11.8 Å². The fourth-order valence-electron chi connectivity index (χ4n) is 4.31. The van der Waals surface area contributed by atoms with E-state index in [-0.39, 0.29) is 23.9 Å².